The van der Waals surface area contributed by atoms with Crippen LogP contribution in [0.15, 0.2) is 78.9 Å². The minimum absolute atomic E-state index is 0.0800. The molecule has 31 heavy (non-hydrogen) atoms. The van der Waals surface area contributed by atoms with Gasteiger partial charge >= 0.3 is 0 Å². The highest BCUT2D eigenvalue weighted by Gasteiger charge is 2.23. The van der Waals surface area contributed by atoms with Crippen LogP contribution in [-0.4, -0.2) is 49.0 Å². The van der Waals surface area contributed by atoms with Gasteiger partial charge in [-0.1, -0.05) is 48.5 Å². The largest absolute Gasteiger partial charge is 0.497 e. The lowest BCUT2D eigenvalue weighted by molar-refractivity contribution is 0.0626. The van der Waals surface area contributed by atoms with Gasteiger partial charge in [-0.15, -0.1) is 0 Å². The van der Waals surface area contributed by atoms with Gasteiger partial charge in [-0.05, 0) is 35.9 Å². The summed E-state index contributed by atoms with van der Waals surface area (Å²) in [6, 6.07) is 25.6. The second-order valence-electron chi connectivity index (χ2n) is 7.68. The highest BCUT2D eigenvalue weighted by Crippen LogP contribution is 2.18. The average Bonchev–Trinajstić information content (AvgIpc) is 2.84. The highest BCUT2D eigenvalue weighted by atomic mass is 16.5. The number of para-hydroxylation sites is 1. The summed E-state index contributed by atoms with van der Waals surface area (Å²) >= 11 is 0. The Morgan fingerprint density at radius 2 is 1.48 bits per heavy atom. The van der Waals surface area contributed by atoms with Crippen LogP contribution in [0.3, 0.4) is 0 Å². The number of benzene rings is 3. The molecule has 4 rings (SSSR count). The molecule has 1 aliphatic heterocycles. The molecule has 3 aromatic rings. The summed E-state index contributed by atoms with van der Waals surface area (Å²) in [5, 5.41) is 0. The van der Waals surface area contributed by atoms with E-state index in [0.717, 1.165) is 55.3 Å². The Morgan fingerprint density at radius 3 is 2.19 bits per heavy atom. The number of hydrogen-bond acceptors (Lipinski definition) is 4. The Balaban J connectivity index is 1.34. The lowest BCUT2D eigenvalue weighted by atomic mass is 10.1. The van der Waals surface area contributed by atoms with Crippen molar-refractivity contribution in [3.8, 4) is 11.5 Å². The minimum Gasteiger partial charge on any atom is -0.497 e. The van der Waals surface area contributed by atoms with Gasteiger partial charge in [0.2, 0.25) is 0 Å². The molecule has 0 saturated carbocycles. The summed E-state index contributed by atoms with van der Waals surface area (Å²) < 4.78 is 11.1. The van der Waals surface area contributed by atoms with Crippen LogP contribution in [0, 0.1) is 0 Å². The van der Waals surface area contributed by atoms with Gasteiger partial charge in [0.1, 0.15) is 18.1 Å². The van der Waals surface area contributed by atoms with Gasteiger partial charge in [0.25, 0.3) is 5.91 Å². The molecule has 0 aliphatic carbocycles. The Kier molecular flexibility index (Phi) is 6.85. The summed E-state index contributed by atoms with van der Waals surface area (Å²) in [6.07, 6.45) is 0. The predicted octanol–water partition coefficient (Wildman–Crippen LogP) is 4.23. The van der Waals surface area contributed by atoms with Gasteiger partial charge in [-0.2, -0.15) is 0 Å². The van der Waals surface area contributed by atoms with E-state index in [9.17, 15) is 4.79 Å². The molecule has 5 nitrogen and oxygen atoms in total. The maximum atomic E-state index is 13.2. The SMILES string of the molecule is COc1ccc(CN2CCN(C(=O)c3ccccc3COc3ccccc3)CC2)cc1. The number of amides is 1. The zero-order valence-corrected chi connectivity index (χ0v) is 17.9. The Bertz CT molecular complexity index is 981. The van der Waals surface area contributed by atoms with Crippen molar-refractivity contribution in [1.29, 1.82) is 0 Å². The molecular formula is C26H28N2O3. The van der Waals surface area contributed by atoms with Crippen molar-refractivity contribution in [2.45, 2.75) is 13.2 Å². The average molecular weight is 417 g/mol. The molecule has 0 atom stereocenters. The lowest BCUT2D eigenvalue weighted by Crippen LogP contribution is -2.48. The smallest absolute Gasteiger partial charge is 0.254 e. The van der Waals surface area contributed by atoms with Gasteiger partial charge in [0.15, 0.2) is 0 Å². The number of carbonyl (C=O) groups excluding carboxylic acids is 1. The maximum absolute atomic E-state index is 13.2. The third-order valence-electron chi connectivity index (χ3n) is 5.61. The van der Waals surface area contributed by atoms with Crippen LogP contribution in [0.1, 0.15) is 21.5 Å². The third-order valence-corrected chi connectivity index (χ3v) is 5.61. The lowest BCUT2D eigenvalue weighted by Gasteiger charge is -2.35. The number of carbonyl (C=O) groups is 1. The molecule has 160 valence electrons. The zero-order chi connectivity index (χ0) is 21.5. The second kappa shape index (κ2) is 10.1. The van der Waals surface area contributed by atoms with Crippen molar-refractivity contribution in [1.82, 2.24) is 9.80 Å². The first kappa shape index (κ1) is 20.9. The van der Waals surface area contributed by atoms with Crippen molar-refractivity contribution >= 4 is 5.91 Å². The van der Waals surface area contributed by atoms with E-state index in [1.165, 1.54) is 5.56 Å². The Hall–Kier alpha value is -3.31. The van der Waals surface area contributed by atoms with Crippen LogP contribution in [0.5, 0.6) is 11.5 Å². The molecule has 0 spiro atoms. The van der Waals surface area contributed by atoms with E-state index in [2.05, 4.69) is 17.0 Å². The van der Waals surface area contributed by atoms with Crippen LogP contribution in [0.25, 0.3) is 0 Å². The van der Waals surface area contributed by atoms with Gasteiger partial charge in [0, 0.05) is 43.9 Å². The number of rotatable bonds is 7. The zero-order valence-electron chi connectivity index (χ0n) is 17.9. The molecule has 0 radical (unpaired) electrons. The molecule has 1 heterocycles. The van der Waals surface area contributed by atoms with E-state index in [-0.39, 0.29) is 5.91 Å². The summed E-state index contributed by atoms with van der Waals surface area (Å²) in [4.78, 5) is 17.5. The first-order chi connectivity index (χ1) is 15.2. The molecule has 3 aromatic carbocycles. The Morgan fingerprint density at radius 1 is 0.806 bits per heavy atom. The molecule has 0 bridgehead atoms. The van der Waals surface area contributed by atoms with Crippen LogP contribution in [0.2, 0.25) is 0 Å². The first-order valence-corrected chi connectivity index (χ1v) is 10.6. The van der Waals surface area contributed by atoms with Crippen molar-refractivity contribution in [2.75, 3.05) is 33.3 Å². The quantitative estimate of drug-likeness (QED) is 0.578. The van der Waals surface area contributed by atoms with Gasteiger partial charge in [-0.25, -0.2) is 0 Å². The van der Waals surface area contributed by atoms with Gasteiger partial charge in [-0.3, -0.25) is 9.69 Å². The molecule has 1 fully saturated rings. The summed E-state index contributed by atoms with van der Waals surface area (Å²) in [5.41, 5.74) is 2.89. The minimum atomic E-state index is 0.0800. The van der Waals surface area contributed by atoms with E-state index in [0.29, 0.717) is 6.61 Å². The predicted molar refractivity (Wildman–Crippen MR) is 121 cm³/mol. The molecule has 0 aromatic heterocycles. The van der Waals surface area contributed by atoms with Crippen LogP contribution in [-0.2, 0) is 13.2 Å². The van der Waals surface area contributed by atoms with Crippen LogP contribution < -0.4 is 9.47 Å². The molecule has 5 heteroatoms. The Labute approximate surface area is 183 Å². The monoisotopic (exact) mass is 416 g/mol. The number of methoxy groups -OCH3 is 1. The van der Waals surface area contributed by atoms with Crippen molar-refractivity contribution in [2.24, 2.45) is 0 Å². The number of hydrogen-bond donors (Lipinski definition) is 0. The third kappa shape index (κ3) is 5.44. The molecule has 1 aliphatic rings. The highest BCUT2D eigenvalue weighted by molar-refractivity contribution is 5.95. The number of piperazine rings is 1. The fraction of sp³-hybridized carbons (Fsp3) is 0.269. The van der Waals surface area contributed by atoms with E-state index in [1.54, 1.807) is 7.11 Å². The fourth-order valence-electron chi connectivity index (χ4n) is 3.80. The molecule has 0 unspecified atom stereocenters. The van der Waals surface area contributed by atoms with Gasteiger partial charge < -0.3 is 14.4 Å². The number of nitrogens with zero attached hydrogens (tertiary/aromatic N) is 2. The normalized spacial score (nSPS) is 14.3. The number of ether oxygens (including phenoxy) is 2. The molecular weight excluding hydrogens is 388 g/mol. The van der Waals surface area contributed by atoms with Crippen molar-refractivity contribution in [3.05, 3.63) is 95.6 Å². The van der Waals surface area contributed by atoms with E-state index in [1.807, 2.05) is 71.6 Å². The summed E-state index contributed by atoms with van der Waals surface area (Å²) in [5.74, 6) is 1.75. The topological polar surface area (TPSA) is 42.0 Å². The van der Waals surface area contributed by atoms with Crippen LogP contribution >= 0.6 is 0 Å². The van der Waals surface area contributed by atoms with E-state index >= 15 is 0 Å². The first-order valence-electron chi connectivity index (χ1n) is 10.6. The van der Waals surface area contributed by atoms with Gasteiger partial charge in [0.05, 0.1) is 7.11 Å². The molecule has 1 saturated heterocycles. The molecule has 1 amide bonds. The van der Waals surface area contributed by atoms with Crippen molar-refractivity contribution < 1.29 is 14.3 Å². The second-order valence-corrected chi connectivity index (χ2v) is 7.68. The summed E-state index contributed by atoms with van der Waals surface area (Å²) in [6.45, 7) is 4.43. The molecule has 0 N–H and O–H groups in total. The maximum Gasteiger partial charge on any atom is 0.254 e. The standard InChI is InChI=1S/C26H28N2O3/c1-30-23-13-11-21(12-14-23)19-27-15-17-28(18-16-27)26(29)25-10-6-5-7-22(25)20-31-24-8-3-2-4-9-24/h2-14H,15-20H2,1H3. The summed E-state index contributed by atoms with van der Waals surface area (Å²) in [7, 11) is 1.68. The van der Waals surface area contributed by atoms with E-state index < -0.39 is 0 Å². The van der Waals surface area contributed by atoms with Crippen LogP contribution in [0.4, 0.5) is 0 Å². The van der Waals surface area contributed by atoms with Crippen molar-refractivity contribution in [3.63, 3.8) is 0 Å². The fourth-order valence-corrected chi connectivity index (χ4v) is 3.80. The van der Waals surface area contributed by atoms with E-state index in [4.69, 9.17) is 9.47 Å².